The summed E-state index contributed by atoms with van der Waals surface area (Å²) in [4.78, 5) is 11.1. The van der Waals surface area contributed by atoms with Crippen molar-refractivity contribution in [2.75, 3.05) is 49.1 Å². The Labute approximate surface area is 199 Å². The van der Waals surface area contributed by atoms with Crippen LogP contribution < -0.4 is 20.9 Å². The lowest BCUT2D eigenvalue weighted by Gasteiger charge is -2.35. The maximum absolute atomic E-state index is 5.90. The molecule has 1 saturated heterocycles. The molecular weight excluding hydrogens is 426 g/mol. The van der Waals surface area contributed by atoms with Gasteiger partial charge in [0.1, 0.15) is 0 Å². The van der Waals surface area contributed by atoms with Crippen molar-refractivity contribution in [2.45, 2.75) is 16.2 Å². The number of nitrogens with one attached hydrogen (secondary N) is 2. The van der Waals surface area contributed by atoms with Gasteiger partial charge in [-0.2, -0.15) is 0 Å². The molecule has 4 aromatic rings. The van der Waals surface area contributed by atoms with Crippen molar-refractivity contribution in [3.63, 3.8) is 0 Å². The largest absolute Gasteiger partial charge is 0.369 e. The van der Waals surface area contributed by atoms with Crippen LogP contribution >= 0.6 is 11.8 Å². The molecule has 2 aliphatic rings. The van der Waals surface area contributed by atoms with Gasteiger partial charge >= 0.3 is 0 Å². The molecule has 33 heavy (non-hydrogen) atoms. The Morgan fingerprint density at radius 2 is 1.67 bits per heavy atom. The maximum atomic E-state index is 5.90. The molecule has 0 aliphatic carbocycles. The molecule has 0 saturated carbocycles. The molecule has 1 fully saturated rings. The molecular formula is C27H29N5S. The molecule has 0 radical (unpaired) electrons. The molecule has 5 nitrogen and oxygen atoms in total. The van der Waals surface area contributed by atoms with Crippen LogP contribution in [0.5, 0.6) is 0 Å². The fourth-order valence-corrected chi connectivity index (χ4v) is 6.05. The van der Waals surface area contributed by atoms with Crippen LogP contribution in [0.4, 0.5) is 17.1 Å². The number of fused-ring (bicyclic) bond motifs is 3. The van der Waals surface area contributed by atoms with Gasteiger partial charge in [-0.3, -0.25) is 0 Å². The second-order valence-corrected chi connectivity index (χ2v) is 9.82. The van der Waals surface area contributed by atoms with E-state index in [4.69, 9.17) is 5.73 Å². The second kappa shape index (κ2) is 8.78. The number of rotatable bonds is 5. The van der Waals surface area contributed by atoms with Crippen LogP contribution in [-0.2, 0) is 0 Å². The number of aromatic amines is 1. The fourth-order valence-electron chi connectivity index (χ4n) is 4.88. The van der Waals surface area contributed by atoms with E-state index in [0.717, 1.165) is 44.8 Å². The molecule has 6 rings (SSSR count). The van der Waals surface area contributed by atoms with Gasteiger partial charge in [-0.05, 0) is 61.0 Å². The van der Waals surface area contributed by atoms with Crippen molar-refractivity contribution < 1.29 is 0 Å². The van der Waals surface area contributed by atoms with Crippen LogP contribution in [0.25, 0.3) is 22.2 Å². The molecule has 0 spiro atoms. The molecule has 0 atom stereocenters. The molecule has 0 bridgehead atoms. The summed E-state index contributed by atoms with van der Waals surface area (Å²) in [6.45, 7) is 5.83. The highest BCUT2D eigenvalue weighted by Gasteiger charge is 2.25. The average molecular weight is 456 g/mol. The Kier molecular flexibility index (Phi) is 5.50. The first-order chi connectivity index (χ1) is 16.3. The summed E-state index contributed by atoms with van der Waals surface area (Å²) in [6, 6.07) is 24.5. The molecule has 2 aliphatic heterocycles. The summed E-state index contributed by atoms with van der Waals surface area (Å²) < 4.78 is 0. The van der Waals surface area contributed by atoms with Crippen molar-refractivity contribution in [2.24, 2.45) is 5.73 Å². The Morgan fingerprint density at radius 3 is 2.48 bits per heavy atom. The summed E-state index contributed by atoms with van der Waals surface area (Å²) in [5.74, 6) is 0. The van der Waals surface area contributed by atoms with Gasteiger partial charge in [0.15, 0.2) is 0 Å². The molecule has 3 heterocycles. The molecule has 1 aromatic heterocycles. The molecule has 4 N–H and O–H groups in total. The number of para-hydroxylation sites is 1. The zero-order chi connectivity index (χ0) is 22.2. The average Bonchev–Trinajstić information content (AvgIpc) is 3.31. The number of hydrogen-bond acceptors (Lipinski definition) is 5. The first-order valence-corrected chi connectivity index (χ1v) is 12.6. The van der Waals surface area contributed by atoms with E-state index in [1.807, 2.05) is 11.8 Å². The van der Waals surface area contributed by atoms with E-state index < -0.39 is 0 Å². The highest BCUT2D eigenvalue weighted by atomic mass is 32.2. The molecule has 0 amide bonds. The standard InChI is InChI=1S/C27H29N5S/c28-10-3-13-32-24-8-6-20(23-16-19-4-1-2-5-22(19)30-23)17-26(24)33-27-18-21(7-9-25(27)32)31-14-11-29-12-15-31/h1-2,4-9,16-18,29-30H,3,10-15,28H2. The predicted octanol–water partition coefficient (Wildman–Crippen LogP) is 5.20. The molecule has 3 aromatic carbocycles. The highest BCUT2D eigenvalue weighted by molar-refractivity contribution is 7.99. The van der Waals surface area contributed by atoms with Gasteiger partial charge in [0.25, 0.3) is 0 Å². The van der Waals surface area contributed by atoms with Crippen LogP contribution in [0.15, 0.2) is 76.5 Å². The van der Waals surface area contributed by atoms with Crippen LogP contribution in [0.3, 0.4) is 0 Å². The van der Waals surface area contributed by atoms with Crippen LogP contribution in [0.1, 0.15) is 6.42 Å². The topological polar surface area (TPSA) is 60.3 Å². The molecule has 168 valence electrons. The monoisotopic (exact) mass is 455 g/mol. The van der Waals surface area contributed by atoms with Gasteiger partial charge < -0.3 is 25.8 Å². The van der Waals surface area contributed by atoms with Gasteiger partial charge in [0.2, 0.25) is 0 Å². The lowest BCUT2D eigenvalue weighted by Crippen LogP contribution is -2.43. The maximum Gasteiger partial charge on any atom is 0.0554 e. The highest BCUT2D eigenvalue weighted by Crippen LogP contribution is 2.50. The van der Waals surface area contributed by atoms with E-state index in [-0.39, 0.29) is 0 Å². The SMILES string of the molecule is NCCCN1c2ccc(-c3cc4ccccc4[nH]3)cc2Sc2cc(N3CCNCC3)ccc21. The number of anilines is 3. The number of piperazine rings is 1. The number of hydrogen-bond donors (Lipinski definition) is 3. The van der Waals surface area contributed by atoms with Crippen molar-refractivity contribution in [1.29, 1.82) is 0 Å². The zero-order valence-corrected chi connectivity index (χ0v) is 19.5. The van der Waals surface area contributed by atoms with Gasteiger partial charge in [-0.1, -0.05) is 36.0 Å². The van der Waals surface area contributed by atoms with E-state index in [9.17, 15) is 0 Å². The first kappa shape index (κ1) is 20.7. The van der Waals surface area contributed by atoms with Crippen molar-refractivity contribution in [3.8, 4) is 11.3 Å². The third-order valence-electron chi connectivity index (χ3n) is 6.61. The molecule has 0 unspecified atom stereocenters. The number of aromatic nitrogens is 1. The minimum Gasteiger partial charge on any atom is -0.369 e. The summed E-state index contributed by atoms with van der Waals surface area (Å²) in [7, 11) is 0. The summed E-state index contributed by atoms with van der Waals surface area (Å²) >= 11 is 1.88. The number of nitrogens with two attached hydrogens (primary N) is 1. The lowest BCUT2D eigenvalue weighted by molar-refractivity contribution is 0.589. The summed E-state index contributed by atoms with van der Waals surface area (Å²) in [5, 5.41) is 4.70. The van der Waals surface area contributed by atoms with Crippen molar-refractivity contribution >= 4 is 39.7 Å². The van der Waals surface area contributed by atoms with Gasteiger partial charge in [0.05, 0.1) is 11.4 Å². The van der Waals surface area contributed by atoms with E-state index in [2.05, 4.69) is 86.8 Å². The van der Waals surface area contributed by atoms with E-state index in [1.54, 1.807) is 0 Å². The quantitative estimate of drug-likeness (QED) is 0.386. The number of benzene rings is 3. The number of nitrogens with zero attached hydrogens (tertiary/aromatic N) is 2. The second-order valence-electron chi connectivity index (χ2n) is 8.74. The van der Waals surface area contributed by atoms with Crippen molar-refractivity contribution in [1.82, 2.24) is 10.3 Å². The van der Waals surface area contributed by atoms with Crippen LogP contribution in [-0.4, -0.2) is 44.3 Å². The number of H-pyrrole nitrogens is 1. The van der Waals surface area contributed by atoms with Gasteiger partial charge in [0, 0.05) is 64.8 Å². The Balaban J connectivity index is 1.39. The summed E-state index contributed by atoms with van der Waals surface area (Å²) in [6.07, 6.45) is 0.965. The predicted molar refractivity (Wildman–Crippen MR) is 140 cm³/mol. The third kappa shape index (κ3) is 3.88. The van der Waals surface area contributed by atoms with E-state index in [1.165, 1.54) is 43.3 Å². The lowest BCUT2D eigenvalue weighted by atomic mass is 10.1. The normalized spacial score (nSPS) is 15.5. The molecule has 6 heteroatoms. The zero-order valence-electron chi connectivity index (χ0n) is 18.7. The van der Waals surface area contributed by atoms with Crippen molar-refractivity contribution in [3.05, 3.63) is 66.7 Å². The van der Waals surface area contributed by atoms with Gasteiger partial charge in [-0.15, -0.1) is 0 Å². The van der Waals surface area contributed by atoms with Crippen LogP contribution in [0.2, 0.25) is 0 Å². The minimum atomic E-state index is 0.695. The third-order valence-corrected chi connectivity index (χ3v) is 7.71. The van der Waals surface area contributed by atoms with Crippen LogP contribution in [0, 0.1) is 0 Å². The summed E-state index contributed by atoms with van der Waals surface area (Å²) in [5.41, 5.74) is 13.3. The Bertz CT molecular complexity index is 1260. The minimum absolute atomic E-state index is 0.695. The smallest absolute Gasteiger partial charge is 0.0554 e. The fraction of sp³-hybridized carbons (Fsp3) is 0.259. The van der Waals surface area contributed by atoms with E-state index >= 15 is 0 Å². The van der Waals surface area contributed by atoms with E-state index in [0.29, 0.717) is 6.54 Å². The Hall–Kier alpha value is -2.93. The van der Waals surface area contributed by atoms with Gasteiger partial charge in [-0.25, -0.2) is 0 Å². The Morgan fingerprint density at radius 1 is 0.879 bits per heavy atom. The first-order valence-electron chi connectivity index (χ1n) is 11.8.